The molecule has 0 aliphatic heterocycles. The zero-order valence-corrected chi connectivity index (χ0v) is 12.6. The number of aliphatic carboxylic acids is 1. The number of thioether (sulfide) groups is 1. The molecule has 5 nitrogen and oxygen atoms in total. The highest BCUT2D eigenvalue weighted by Crippen LogP contribution is 2.11. The molecule has 0 aliphatic carbocycles. The molecule has 21 heavy (non-hydrogen) atoms. The van der Waals surface area contributed by atoms with Gasteiger partial charge in [-0.3, -0.25) is 4.79 Å². The van der Waals surface area contributed by atoms with Crippen LogP contribution in [0.15, 0.2) is 36.9 Å². The van der Waals surface area contributed by atoms with E-state index in [9.17, 15) is 9.59 Å². The van der Waals surface area contributed by atoms with E-state index in [4.69, 9.17) is 5.11 Å². The number of aryl methyl sites for hydroxylation is 1. The van der Waals surface area contributed by atoms with Crippen molar-refractivity contribution in [1.29, 1.82) is 0 Å². The van der Waals surface area contributed by atoms with Crippen LogP contribution in [0.4, 0.5) is 10.5 Å². The third-order valence-corrected chi connectivity index (χ3v) is 3.57. The number of hydrogen-bond donors (Lipinski definition) is 3. The highest BCUT2D eigenvalue weighted by Gasteiger charge is 2.02. The first kappa shape index (κ1) is 17.1. The van der Waals surface area contributed by atoms with Gasteiger partial charge in [0.1, 0.15) is 0 Å². The van der Waals surface area contributed by atoms with E-state index >= 15 is 0 Å². The summed E-state index contributed by atoms with van der Waals surface area (Å²) in [7, 11) is 0. The van der Waals surface area contributed by atoms with Crippen LogP contribution in [0.25, 0.3) is 0 Å². The van der Waals surface area contributed by atoms with E-state index in [0.29, 0.717) is 18.7 Å². The lowest BCUT2D eigenvalue weighted by Crippen LogP contribution is -2.30. The minimum atomic E-state index is -0.814. The van der Waals surface area contributed by atoms with E-state index in [1.165, 1.54) is 0 Å². The van der Waals surface area contributed by atoms with Gasteiger partial charge >= 0.3 is 12.0 Å². The largest absolute Gasteiger partial charge is 0.481 e. The van der Waals surface area contributed by atoms with Crippen LogP contribution in [-0.4, -0.2) is 35.2 Å². The highest BCUT2D eigenvalue weighted by atomic mass is 32.2. The van der Waals surface area contributed by atoms with Crippen LogP contribution in [0.3, 0.4) is 0 Å². The van der Waals surface area contributed by atoms with Gasteiger partial charge in [0.25, 0.3) is 0 Å². The van der Waals surface area contributed by atoms with Crippen molar-refractivity contribution < 1.29 is 14.7 Å². The summed E-state index contributed by atoms with van der Waals surface area (Å²) in [5.41, 5.74) is 1.62. The Labute approximate surface area is 128 Å². The molecule has 1 aromatic carbocycles. The van der Waals surface area contributed by atoms with Gasteiger partial charge in [0.05, 0.1) is 0 Å². The fourth-order valence-electron chi connectivity index (χ4n) is 1.58. The molecule has 6 heteroatoms. The molecule has 0 spiro atoms. The van der Waals surface area contributed by atoms with Crippen molar-refractivity contribution in [1.82, 2.24) is 5.32 Å². The summed E-state index contributed by atoms with van der Waals surface area (Å²) in [6.45, 7) is 4.22. The SMILES string of the molecule is C=CCSCCNC(=O)Nc1ccc(CCC(=O)O)cc1. The van der Waals surface area contributed by atoms with Crippen LogP contribution in [0.1, 0.15) is 12.0 Å². The number of amides is 2. The summed E-state index contributed by atoms with van der Waals surface area (Å²) in [6.07, 6.45) is 2.43. The molecule has 0 unspecified atom stereocenters. The van der Waals surface area contributed by atoms with Gasteiger partial charge in [-0.05, 0) is 24.1 Å². The summed E-state index contributed by atoms with van der Waals surface area (Å²) in [6, 6.07) is 6.93. The molecule has 0 bridgehead atoms. The lowest BCUT2D eigenvalue weighted by Gasteiger charge is -2.08. The zero-order chi connectivity index (χ0) is 15.5. The quantitative estimate of drug-likeness (QED) is 0.484. The van der Waals surface area contributed by atoms with Crippen LogP contribution in [-0.2, 0) is 11.2 Å². The number of benzene rings is 1. The fraction of sp³-hybridized carbons (Fsp3) is 0.333. The van der Waals surface area contributed by atoms with E-state index in [0.717, 1.165) is 17.1 Å². The number of carbonyl (C=O) groups is 2. The molecule has 1 aromatic rings. The first-order chi connectivity index (χ1) is 10.1. The third-order valence-electron chi connectivity index (χ3n) is 2.61. The Hall–Kier alpha value is -1.95. The predicted octanol–water partition coefficient (Wildman–Crippen LogP) is 2.74. The molecular formula is C15H20N2O3S. The Morgan fingerprint density at radius 2 is 2.00 bits per heavy atom. The first-order valence-corrected chi connectivity index (χ1v) is 7.81. The second-order valence-electron chi connectivity index (χ2n) is 4.34. The molecule has 0 heterocycles. The molecule has 0 aromatic heterocycles. The lowest BCUT2D eigenvalue weighted by molar-refractivity contribution is -0.136. The standard InChI is InChI=1S/C15H20N2O3S/c1-2-10-21-11-9-16-15(20)17-13-6-3-12(4-7-13)5-8-14(18)19/h2-4,6-7H,1,5,8-11H2,(H,18,19)(H2,16,17,20). The lowest BCUT2D eigenvalue weighted by atomic mass is 10.1. The van der Waals surface area contributed by atoms with Crippen LogP contribution in [0.2, 0.25) is 0 Å². The monoisotopic (exact) mass is 308 g/mol. The molecule has 2 amide bonds. The summed E-state index contributed by atoms with van der Waals surface area (Å²) in [4.78, 5) is 22.1. The predicted molar refractivity (Wildman–Crippen MR) is 86.9 cm³/mol. The molecule has 0 fully saturated rings. The molecular weight excluding hydrogens is 288 g/mol. The van der Waals surface area contributed by atoms with Crippen molar-refractivity contribution in [3.05, 3.63) is 42.5 Å². The number of carbonyl (C=O) groups excluding carboxylic acids is 1. The molecule has 0 atom stereocenters. The van der Waals surface area contributed by atoms with Gasteiger partial charge in [0.15, 0.2) is 0 Å². The summed E-state index contributed by atoms with van der Waals surface area (Å²) >= 11 is 1.70. The van der Waals surface area contributed by atoms with Crippen molar-refractivity contribution in [2.24, 2.45) is 0 Å². The number of urea groups is 1. The minimum absolute atomic E-state index is 0.107. The number of nitrogens with one attached hydrogen (secondary N) is 2. The van der Waals surface area contributed by atoms with E-state index in [2.05, 4.69) is 17.2 Å². The second kappa shape index (κ2) is 9.88. The molecule has 3 N–H and O–H groups in total. The topological polar surface area (TPSA) is 78.4 Å². The number of hydrogen-bond acceptors (Lipinski definition) is 3. The third kappa shape index (κ3) is 8.04. The average Bonchev–Trinajstić information content (AvgIpc) is 2.46. The van der Waals surface area contributed by atoms with Gasteiger partial charge in [-0.25, -0.2) is 4.79 Å². The van der Waals surface area contributed by atoms with Gasteiger partial charge in [-0.1, -0.05) is 18.2 Å². The maximum absolute atomic E-state index is 11.6. The maximum Gasteiger partial charge on any atom is 0.319 e. The van der Waals surface area contributed by atoms with Crippen molar-refractivity contribution in [3.8, 4) is 0 Å². The van der Waals surface area contributed by atoms with Gasteiger partial charge in [0.2, 0.25) is 0 Å². The second-order valence-corrected chi connectivity index (χ2v) is 5.48. The Morgan fingerprint density at radius 1 is 1.29 bits per heavy atom. The van der Waals surface area contributed by atoms with Gasteiger partial charge < -0.3 is 15.7 Å². The minimum Gasteiger partial charge on any atom is -0.481 e. The molecule has 0 saturated heterocycles. The fourth-order valence-corrected chi connectivity index (χ4v) is 2.16. The average molecular weight is 308 g/mol. The van der Waals surface area contributed by atoms with Gasteiger partial charge in [0, 0.05) is 30.2 Å². The van der Waals surface area contributed by atoms with Crippen LogP contribution >= 0.6 is 11.8 Å². The van der Waals surface area contributed by atoms with Crippen molar-refractivity contribution in [2.75, 3.05) is 23.4 Å². The van der Waals surface area contributed by atoms with E-state index < -0.39 is 5.97 Å². The van der Waals surface area contributed by atoms with Crippen LogP contribution < -0.4 is 10.6 Å². The van der Waals surface area contributed by atoms with Crippen molar-refractivity contribution in [3.63, 3.8) is 0 Å². The Balaban J connectivity index is 2.29. The van der Waals surface area contributed by atoms with E-state index in [-0.39, 0.29) is 12.5 Å². The highest BCUT2D eigenvalue weighted by molar-refractivity contribution is 7.99. The number of carboxylic acid groups (broad SMARTS) is 1. The maximum atomic E-state index is 11.6. The Kier molecular flexibility index (Phi) is 8.04. The normalized spacial score (nSPS) is 9.90. The first-order valence-electron chi connectivity index (χ1n) is 6.66. The molecule has 0 radical (unpaired) electrons. The molecule has 0 saturated carbocycles. The zero-order valence-electron chi connectivity index (χ0n) is 11.8. The smallest absolute Gasteiger partial charge is 0.319 e. The molecule has 0 aliphatic rings. The van der Waals surface area contributed by atoms with Crippen molar-refractivity contribution in [2.45, 2.75) is 12.8 Å². The van der Waals surface area contributed by atoms with E-state index in [1.807, 2.05) is 18.2 Å². The summed E-state index contributed by atoms with van der Waals surface area (Å²) in [5.74, 6) is 0.903. The van der Waals surface area contributed by atoms with E-state index in [1.54, 1.807) is 23.9 Å². The summed E-state index contributed by atoms with van der Waals surface area (Å²) in [5, 5.41) is 14.1. The molecule has 114 valence electrons. The Morgan fingerprint density at radius 3 is 2.62 bits per heavy atom. The number of carboxylic acids is 1. The number of rotatable bonds is 9. The van der Waals surface area contributed by atoms with Crippen molar-refractivity contribution >= 4 is 29.4 Å². The van der Waals surface area contributed by atoms with Crippen LogP contribution in [0.5, 0.6) is 0 Å². The molecule has 1 rings (SSSR count). The Bertz CT molecular complexity index is 474. The summed E-state index contributed by atoms with van der Waals surface area (Å²) < 4.78 is 0. The van der Waals surface area contributed by atoms with Gasteiger partial charge in [-0.15, -0.1) is 6.58 Å². The van der Waals surface area contributed by atoms with Gasteiger partial charge in [-0.2, -0.15) is 11.8 Å². The van der Waals surface area contributed by atoms with Crippen LogP contribution in [0, 0.1) is 0 Å². The number of anilines is 1.